The van der Waals surface area contributed by atoms with E-state index in [1.807, 2.05) is 45.9 Å². The van der Waals surface area contributed by atoms with Crippen LogP contribution in [0.15, 0.2) is 48.5 Å². The fraction of sp³-hybridized carbons (Fsp3) is 0.414. The number of anilines is 1. The topological polar surface area (TPSA) is 67.2 Å². The fourth-order valence-corrected chi connectivity index (χ4v) is 4.10. The molecule has 3 rings (SSSR count). The third-order valence-electron chi connectivity index (χ3n) is 6.13. The van der Waals surface area contributed by atoms with Gasteiger partial charge in [-0.05, 0) is 42.7 Å². The second-order valence-electron chi connectivity index (χ2n) is 11.3. The second kappa shape index (κ2) is 11.6. The number of nitrogens with one attached hydrogen (secondary N) is 1. The van der Waals surface area contributed by atoms with Crippen molar-refractivity contribution in [3.8, 4) is 5.69 Å². The molecule has 0 radical (unpaired) electrons. The van der Waals surface area contributed by atoms with Gasteiger partial charge < -0.3 is 10.2 Å². The number of nitrogens with zero attached hydrogens (tertiary/aromatic N) is 3. The van der Waals surface area contributed by atoms with Gasteiger partial charge in [-0.3, -0.25) is 9.59 Å². The van der Waals surface area contributed by atoms with Gasteiger partial charge in [0, 0.05) is 23.6 Å². The third kappa shape index (κ3) is 7.89. The summed E-state index contributed by atoms with van der Waals surface area (Å²) < 4.78 is 81.9. The molecule has 0 aliphatic heterocycles. The average molecular weight is 583 g/mol. The minimum Gasteiger partial charge on any atom is -0.329 e. The van der Waals surface area contributed by atoms with Crippen LogP contribution in [0.2, 0.25) is 0 Å². The molecule has 1 heterocycles. The summed E-state index contributed by atoms with van der Waals surface area (Å²) in [4.78, 5) is 27.4. The number of aromatic nitrogens is 2. The normalized spacial score (nSPS) is 12.5. The van der Waals surface area contributed by atoms with E-state index < -0.39 is 47.4 Å². The monoisotopic (exact) mass is 582 g/mol. The van der Waals surface area contributed by atoms with E-state index in [9.17, 15) is 35.9 Å². The van der Waals surface area contributed by atoms with E-state index in [1.54, 1.807) is 30.7 Å². The Morgan fingerprint density at radius 1 is 0.927 bits per heavy atom. The Morgan fingerprint density at radius 3 is 1.98 bits per heavy atom. The molecule has 0 aliphatic rings. The van der Waals surface area contributed by atoms with Crippen molar-refractivity contribution in [2.75, 3.05) is 18.4 Å². The molecule has 1 aromatic heterocycles. The largest absolute Gasteiger partial charge is 0.416 e. The molecule has 2 amide bonds. The zero-order valence-electron chi connectivity index (χ0n) is 23.5. The van der Waals surface area contributed by atoms with Crippen LogP contribution in [0.1, 0.15) is 67.4 Å². The SMILES string of the molecule is Cc1ccccc1-n1nc(C(C)(C)C)cc1NC(=O)CN(CC(C)C)C(=O)c1cc(C(F)(F)F)cc(C(F)(F)F)c1. The molecule has 0 aliphatic carbocycles. The minimum absolute atomic E-state index is 0.0458. The quantitative estimate of drug-likeness (QED) is 0.299. The maximum Gasteiger partial charge on any atom is 0.416 e. The van der Waals surface area contributed by atoms with Gasteiger partial charge in [-0.2, -0.15) is 31.4 Å². The number of hydrogen-bond donors (Lipinski definition) is 1. The second-order valence-corrected chi connectivity index (χ2v) is 11.3. The van der Waals surface area contributed by atoms with Gasteiger partial charge in [0.1, 0.15) is 12.4 Å². The van der Waals surface area contributed by atoms with Crippen LogP contribution in [-0.2, 0) is 22.6 Å². The van der Waals surface area contributed by atoms with Gasteiger partial charge in [-0.15, -0.1) is 0 Å². The van der Waals surface area contributed by atoms with Crippen LogP contribution in [0.3, 0.4) is 0 Å². The number of amides is 2. The number of carbonyl (C=O) groups is 2. The summed E-state index contributed by atoms with van der Waals surface area (Å²) in [5, 5.41) is 7.37. The Labute approximate surface area is 234 Å². The van der Waals surface area contributed by atoms with Crippen molar-refractivity contribution in [1.29, 1.82) is 0 Å². The number of para-hydroxylation sites is 1. The number of carbonyl (C=O) groups excluding carboxylic acids is 2. The molecular formula is C29H32F6N4O2. The molecule has 41 heavy (non-hydrogen) atoms. The van der Waals surface area contributed by atoms with Crippen LogP contribution in [-0.4, -0.2) is 39.6 Å². The molecule has 0 saturated heterocycles. The van der Waals surface area contributed by atoms with E-state index in [4.69, 9.17) is 0 Å². The molecular weight excluding hydrogens is 550 g/mol. The third-order valence-corrected chi connectivity index (χ3v) is 6.13. The fourth-order valence-electron chi connectivity index (χ4n) is 4.10. The van der Waals surface area contributed by atoms with Gasteiger partial charge in [-0.25, -0.2) is 4.68 Å². The van der Waals surface area contributed by atoms with Crippen LogP contribution in [0, 0.1) is 12.8 Å². The number of benzene rings is 2. The first-order valence-corrected chi connectivity index (χ1v) is 12.8. The van der Waals surface area contributed by atoms with Crippen molar-refractivity contribution in [2.24, 2.45) is 5.92 Å². The summed E-state index contributed by atoms with van der Waals surface area (Å²) in [7, 11) is 0. The Kier molecular flexibility index (Phi) is 8.95. The zero-order valence-corrected chi connectivity index (χ0v) is 23.5. The lowest BCUT2D eigenvalue weighted by Crippen LogP contribution is -2.40. The molecule has 0 bridgehead atoms. The standard InChI is InChI=1S/C29H32F6N4O2/c1-17(2)15-38(26(41)19-11-20(28(30,31)32)13-21(12-19)29(33,34)35)16-25(40)36-24-14-23(27(4,5)6)37-39(24)22-10-8-7-9-18(22)3/h7-14,17H,15-16H2,1-6H3,(H,36,40). The lowest BCUT2D eigenvalue weighted by molar-refractivity contribution is -0.143. The first-order chi connectivity index (χ1) is 18.8. The summed E-state index contributed by atoms with van der Waals surface area (Å²) >= 11 is 0. The summed E-state index contributed by atoms with van der Waals surface area (Å²) in [6.45, 7) is 10.4. The van der Waals surface area contributed by atoms with Gasteiger partial charge >= 0.3 is 12.4 Å². The maximum atomic E-state index is 13.4. The highest BCUT2D eigenvalue weighted by atomic mass is 19.4. The van der Waals surface area contributed by atoms with Crippen molar-refractivity contribution in [2.45, 2.75) is 59.3 Å². The van der Waals surface area contributed by atoms with Crippen LogP contribution < -0.4 is 5.32 Å². The minimum atomic E-state index is -5.12. The molecule has 222 valence electrons. The van der Waals surface area contributed by atoms with Gasteiger partial charge in [0.05, 0.1) is 22.5 Å². The van der Waals surface area contributed by atoms with Crippen molar-refractivity contribution in [3.63, 3.8) is 0 Å². The summed E-state index contributed by atoms with van der Waals surface area (Å²) in [6, 6.07) is 9.70. The Morgan fingerprint density at radius 2 is 1.49 bits per heavy atom. The van der Waals surface area contributed by atoms with Gasteiger partial charge in [0.2, 0.25) is 5.91 Å². The van der Waals surface area contributed by atoms with E-state index in [-0.39, 0.29) is 23.9 Å². The molecule has 0 saturated carbocycles. The lowest BCUT2D eigenvalue weighted by atomic mass is 9.92. The van der Waals surface area contributed by atoms with Crippen LogP contribution in [0.25, 0.3) is 5.69 Å². The van der Waals surface area contributed by atoms with Gasteiger partial charge in [0.15, 0.2) is 0 Å². The van der Waals surface area contributed by atoms with Crippen molar-refractivity contribution in [3.05, 3.63) is 76.5 Å². The Hall–Kier alpha value is -3.83. The summed E-state index contributed by atoms with van der Waals surface area (Å²) in [6.07, 6.45) is -10.2. The molecule has 0 atom stereocenters. The van der Waals surface area contributed by atoms with Crippen LogP contribution >= 0.6 is 0 Å². The first kappa shape index (κ1) is 31.7. The van der Waals surface area contributed by atoms with Crippen molar-refractivity contribution < 1.29 is 35.9 Å². The van der Waals surface area contributed by atoms with E-state index in [0.29, 0.717) is 29.3 Å². The molecule has 1 N–H and O–H groups in total. The van der Waals surface area contributed by atoms with Crippen molar-refractivity contribution in [1.82, 2.24) is 14.7 Å². The number of alkyl halides is 6. The molecule has 6 nitrogen and oxygen atoms in total. The van der Waals surface area contributed by atoms with E-state index in [1.165, 1.54) is 0 Å². The Bertz CT molecular complexity index is 1390. The molecule has 2 aromatic carbocycles. The van der Waals surface area contributed by atoms with Crippen molar-refractivity contribution >= 4 is 17.6 Å². The molecule has 12 heteroatoms. The summed E-state index contributed by atoms with van der Waals surface area (Å²) in [5.74, 6) is -1.78. The van der Waals surface area contributed by atoms with Gasteiger partial charge in [-0.1, -0.05) is 52.8 Å². The molecule has 0 unspecified atom stereocenters. The number of rotatable bonds is 7. The lowest BCUT2D eigenvalue weighted by Gasteiger charge is -2.25. The van der Waals surface area contributed by atoms with E-state index in [0.717, 1.165) is 10.5 Å². The Balaban J connectivity index is 1.98. The smallest absolute Gasteiger partial charge is 0.329 e. The zero-order chi connectivity index (χ0) is 30.9. The molecule has 3 aromatic rings. The predicted molar refractivity (Wildman–Crippen MR) is 143 cm³/mol. The molecule has 0 spiro atoms. The maximum absolute atomic E-state index is 13.4. The summed E-state index contributed by atoms with van der Waals surface area (Å²) in [5.41, 5.74) is -2.20. The number of aryl methyl sites for hydroxylation is 1. The van der Waals surface area contributed by atoms with E-state index in [2.05, 4.69) is 10.4 Å². The average Bonchev–Trinajstić information content (AvgIpc) is 3.25. The predicted octanol–water partition coefficient (Wildman–Crippen LogP) is 7.25. The number of hydrogen-bond acceptors (Lipinski definition) is 3. The van der Waals surface area contributed by atoms with Crippen LogP contribution in [0.5, 0.6) is 0 Å². The highest BCUT2D eigenvalue weighted by molar-refractivity contribution is 5.99. The highest BCUT2D eigenvalue weighted by Crippen LogP contribution is 2.36. The molecule has 0 fully saturated rings. The van der Waals surface area contributed by atoms with Gasteiger partial charge in [0.25, 0.3) is 5.91 Å². The van der Waals surface area contributed by atoms with E-state index >= 15 is 0 Å². The van der Waals surface area contributed by atoms with Crippen LogP contribution in [0.4, 0.5) is 32.2 Å². The highest BCUT2D eigenvalue weighted by Gasteiger charge is 2.38. The number of halogens is 6. The first-order valence-electron chi connectivity index (χ1n) is 12.8.